The maximum absolute atomic E-state index is 12.2. The van der Waals surface area contributed by atoms with Gasteiger partial charge in [0, 0.05) is 37.1 Å². The Morgan fingerprint density at radius 3 is 2.38 bits per heavy atom. The van der Waals surface area contributed by atoms with Gasteiger partial charge in [-0.25, -0.2) is 8.42 Å². The summed E-state index contributed by atoms with van der Waals surface area (Å²) >= 11 is 0. The second-order valence-electron chi connectivity index (χ2n) is 5.66. The largest absolute Gasteiger partial charge is 0.339 e. The number of benzene rings is 1. The van der Waals surface area contributed by atoms with E-state index in [0.717, 1.165) is 0 Å². The van der Waals surface area contributed by atoms with E-state index in [2.05, 4.69) is 0 Å². The van der Waals surface area contributed by atoms with E-state index >= 15 is 0 Å². The molecular weight excluding hydrogens is 332 g/mol. The summed E-state index contributed by atoms with van der Waals surface area (Å²) in [5.41, 5.74) is 0.690. The first kappa shape index (κ1) is 18.1. The van der Waals surface area contributed by atoms with Gasteiger partial charge >= 0.3 is 0 Å². The van der Waals surface area contributed by atoms with Crippen LogP contribution in [-0.2, 0) is 14.6 Å². The van der Waals surface area contributed by atoms with Crippen molar-refractivity contribution >= 4 is 27.5 Å². The van der Waals surface area contributed by atoms with Gasteiger partial charge in [0.05, 0.1) is 10.2 Å². The number of nitrogens with zero attached hydrogens (tertiary/aromatic N) is 2. The van der Waals surface area contributed by atoms with Gasteiger partial charge in [-0.15, -0.1) is 0 Å². The molecule has 1 amide bonds. The van der Waals surface area contributed by atoms with Gasteiger partial charge in [-0.05, 0) is 36.6 Å². The van der Waals surface area contributed by atoms with Crippen molar-refractivity contribution in [2.45, 2.75) is 25.0 Å². The minimum absolute atomic E-state index is 0.00215. The molecule has 0 aromatic heterocycles. The summed E-state index contributed by atoms with van der Waals surface area (Å²) in [7, 11) is -3.05. The van der Waals surface area contributed by atoms with Crippen LogP contribution in [0, 0.1) is 10.1 Å². The average Bonchev–Trinajstić information content (AvgIpc) is 2.60. The molecule has 0 saturated carbocycles. The van der Waals surface area contributed by atoms with Crippen LogP contribution in [0.1, 0.15) is 25.3 Å². The van der Waals surface area contributed by atoms with E-state index in [9.17, 15) is 23.3 Å². The van der Waals surface area contributed by atoms with E-state index in [0.29, 0.717) is 31.5 Å². The van der Waals surface area contributed by atoms with Crippen LogP contribution in [0.2, 0.25) is 0 Å². The lowest BCUT2D eigenvalue weighted by atomic mass is 10.1. The number of sulfone groups is 1. The number of non-ortho nitro benzene ring substituents is 1. The fourth-order valence-electron chi connectivity index (χ4n) is 2.65. The van der Waals surface area contributed by atoms with Crippen LogP contribution in [0.15, 0.2) is 30.3 Å². The SMILES string of the molecule is CCS(=O)(=O)C1CCN(C(=O)/C=C/c2ccc([N+](=O)[O-])cc2)CC1. The fourth-order valence-corrected chi connectivity index (χ4v) is 4.05. The standard InChI is InChI=1S/C16H20N2O5S/c1-2-24(22,23)15-9-11-17(12-10-15)16(19)8-5-13-3-6-14(7-4-13)18(20)21/h3-8,15H,2,9-12H2,1H3/b8-5+. The molecule has 24 heavy (non-hydrogen) atoms. The van der Waals surface area contributed by atoms with Crippen molar-refractivity contribution in [2.75, 3.05) is 18.8 Å². The van der Waals surface area contributed by atoms with E-state index in [-0.39, 0.29) is 22.6 Å². The molecule has 7 nitrogen and oxygen atoms in total. The smallest absolute Gasteiger partial charge is 0.269 e. The third-order valence-corrected chi connectivity index (χ3v) is 6.48. The molecule has 1 aromatic rings. The minimum atomic E-state index is -3.05. The lowest BCUT2D eigenvalue weighted by Crippen LogP contribution is -2.42. The molecule has 130 valence electrons. The highest BCUT2D eigenvalue weighted by atomic mass is 32.2. The second-order valence-corrected chi connectivity index (χ2v) is 8.23. The van der Waals surface area contributed by atoms with Crippen LogP contribution in [0.3, 0.4) is 0 Å². The van der Waals surface area contributed by atoms with Crippen molar-refractivity contribution in [3.63, 3.8) is 0 Å². The molecule has 0 unspecified atom stereocenters. The Hall–Kier alpha value is -2.22. The molecule has 2 rings (SSSR count). The van der Waals surface area contributed by atoms with Crippen molar-refractivity contribution < 1.29 is 18.1 Å². The summed E-state index contributed by atoms with van der Waals surface area (Å²) in [5, 5.41) is 10.2. The zero-order chi connectivity index (χ0) is 17.7. The van der Waals surface area contributed by atoms with Gasteiger partial charge in [0.2, 0.25) is 5.91 Å². The molecule has 1 aliphatic heterocycles. The van der Waals surface area contributed by atoms with Crippen molar-refractivity contribution in [3.8, 4) is 0 Å². The normalized spacial score (nSPS) is 16.5. The Morgan fingerprint density at radius 1 is 1.29 bits per heavy atom. The predicted molar refractivity (Wildman–Crippen MR) is 91.2 cm³/mol. The molecule has 1 saturated heterocycles. The number of nitro groups is 1. The maximum atomic E-state index is 12.2. The van der Waals surface area contributed by atoms with Crippen molar-refractivity contribution in [3.05, 3.63) is 46.0 Å². The molecule has 0 spiro atoms. The number of likely N-dealkylation sites (tertiary alicyclic amines) is 1. The quantitative estimate of drug-likeness (QED) is 0.459. The first-order valence-electron chi connectivity index (χ1n) is 7.76. The Morgan fingerprint density at radius 2 is 1.88 bits per heavy atom. The molecule has 8 heteroatoms. The zero-order valence-electron chi connectivity index (χ0n) is 13.4. The van der Waals surface area contributed by atoms with E-state index in [4.69, 9.17) is 0 Å². The third kappa shape index (κ3) is 4.41. The van der Waals surface area contributed by atoms with Crippen LogP contribution in [0.4, 0.5) is 5.69 Å². The number of amides is 1. The Balaban J connectivity index is 1.92. The number of hydrogen-bond donors (Lipinski definition) is 0. The Labute approximate surface area is 141 Å². The first-order valence-corrected chi connectivity index (χ1v) is 9.48. The van der Waals surface area contributed by atoms with Gasteiger partial charge in [0.1, 0.15) is 0 Å². The van der Waals surface area contributed by atoms with Crippen LogP contribution >= 0.6 is 0 Å². The average molecular weight is 352 g/mol. The van der Waals surface area contributed by atoms with Crippen LogP contribution in [0.5, 0.6) is 0 Å². The third-order valence-electron chi connectivity index (χ3n) is 4.19. The van der Waals surface area contributed by atoms with Crippen molar-refractivity contribution in [2.24, 2.45) is 0 Å². The molecule has 0 bridgehead atoms. The minimum Gasteiger partial charge on any atom is -0.339 e. The number of rotatable bonds is 5. The summed E-state index contributed by atoms with van der Waals surface area (Å²) in [4.78, 5) is 23.9. The summed E-state index contributed by atoms with van der Waals surface area (Å²) in [6, 6.07) is 5.90. The zero-order valence-corrected chi connectivity index (χ0v) is 14.2. The fraction of sp³-hybridized carbons (Fsp3) is 0.438. The topological polar surface area (TPSA) is 97.6 Å². The summed E-state index contributed by atoms with van der Waals surface area (Å²) in [5.74, 6) is -0.0493. The Bertz CT molecular complexity index is 732. The molecule has 1 aromatic carbocycles. The molecule has 0 aliphatic carbocycles. The monoisotopic (exact) mass is 352 g/mol. The second kappa shape index (κ2) is 7.57. The number of carbonyl (C=O) groups excluding carboxylic acids is 1. The van der Waals surface area contributed by atoms with Gasteiger partial charge in [-0.2, -0.15) is 0 Å². The molecule has 1 fully saturated rings. The lowest BCUT2D eigenvalue weighted by Gasteiger charge is -2.30. The van der Waals surface area contributed by atoms with Gasteiger partial charge < -0.3 is 4.90 Å². The van der Waals surface area contributed by atoms with E-state index in [1.807, 2.05) is 0 Å². The number of piperidine rings is 1. The van der Waals surface area contributed by atoms with E-state index in [1.54, 1.807) is 30.0 Å². The summed E-state index contributed by atoms with van der Waals surface area (Å²) < 4.78 is 23.7. The Kier molecular flexibility index (Phi) is 5.71. The number of hydrogen-bond acceptors (Lipinski definition) is 5. The molecular formula is C16H20N2O5S. The first-order chi connectivity index (χ1) is 11.3. The van der Waals surface area contributed by atoms with Gasteiger partial charge in [0.25, 0.3) is 5.69 Å². The van der Waals surface area contributed by atoms with Crippen LogP contribution in [-0.4, -0.2) is 48.2 Å². The molecule has 0 radical (unpaired) electrons. The highest BCUT2D eigenvalue weighted by molar-refractivity contribution is 7.92. The maximum Gasteiger partial charge on any atom is 0.269 e. The van der Waals surface area contributed by atoms with Gasteiger partial charge in [-0.1, -0.05) is 6.92 Å². The van der Waals surface area contributed by atoms with Crippen molar-refractivity contribution in [1.82, 2.24) is 4.90 Å². The highest BCUT2D eigenvalue weighted by Gasteiger charge is 2.29. The number of carbonyl (C=O) groups is 1. The molecule has 0 N–H and O–H groups in total. The number of nitro benzene ring substituents is 1. The van der Waals surface area contributed by atoms with Crippen LogP contribution in [0.25, 0.3) is 6.08 Å². The van der Waals surface area contributed by atoms with Crippen LogP contribution < -0.4 is 0 Å². The lowest BCUT2D eigenvalue weighted by molar-refractivity contribution is -0.384. The van der Waals surface area contributed by atoms with Gasteiger partial charge in [0.15, 0.2) is 9.84 Å². The molecule has 1 aliphatic rings. The van der Waals surface area contributed by atoms with Gasteiger partial charge in [-0.3, -0.25) is 14.9 Å². The molecule has 1 heterocycles. The summed E-state index contributed by atoms with van der Waals surface area (Å²) in [6.45, 7) is 2.49. The molecule has 0 atom stereocenters. The van der Waals surface area contributed by atoms with E-state index in [1.165, 1.54) is 18.2 Å². The van der Waals surface area contributed by atoms with E-state index < -0.39 is 14.8 Å². The highest BCUT2D eigenvalue weighted by Crippen LogP contribution is 2.19. The predicted octanol–water partition coefficient (Wildman–Crippen LogP) is 2.03. The summed E-state index contributed by atoms with van der Waals surface area (Å²) in [6.07, 6.45) is 3.94. The van der Waals surface area contributed by atoms with Crippen molar-refractivity contribution in [1.29, 1.82) is 0 Å².